The Morgan fingerprint density at radius 1 is 1.00 bits per heavy atom. The van der Waals surface area contributed by atoms with Crippen LogP contribution < -0.4 is 14.9 Å². The summed E-state index contributed by atoms with van der Waals surface area (Å²) in [6.45, 7) is 0. The smallest absolute Gasteiger partial charge is 0.273 e. The fourth-order valence-electron chi connectivity index (χ4n) is 2.07. The second kappa shape index (κ2) is 6.37. The molecule has 6 nitrogen and oxygen atoms in total. The Kier molecular flexibility index (Phi) is 4.11. The predicted octanol–water partition coefficient (Wildman–Crippen LogP) is 1.21. The van der Waals surface area contributed by atoms with Crippen LogP contribution in [0.5, 0.6) is 0 Å². The van der Waals surface area contributed by atoms with E-state index in [1.807, 2.05) is 45.8 Å². The van der Waals surface area contributed by atoms with Gasteiger partial charge in [0.15, 0.2) is 24.8 Å². The lowest BCUT2D eigenvalue weighted by Gasteiger charge is -1.93. The maximum absolute atomic E-state index is 11.1. The van der Waals surface area contributed by atoms with E-state index in [0.717, 1.165) is 15.6 Å². The molecule has 3 rings (SSSR count). The Balaban J connectivity index is 1.86. The van der Waals surface area contributed by atoms with Crippen molar-refractivity contribution in [2.75, 3.05) is 0 Å². The lowest BCUT2D eigenvalue weighted by molar-refractivity contribution is -0.594. The summed E-state index contributed by atoms with van der Waals surface area (Å²) in [5.74, 6) is -0.439. The summed E-state index contributed by atoms with van der Waals surface area (Å²) in [4.78, 5) is 11.1. The number of aromatic nitrogens is 2. The van der Waals surface area contributed by atoms with Gasteiger partial charge in [-0.1, -0.05) is 5.16 Å². The number of thiophene rings is 1. The maximum atomic E-state index is 11.1. The SMILES string of the molecule is NC(=O)c1cc[n+](-c2ccc(-[n+]3ccc(/C=N/O)cc3)s2)cc1. The van der Waals surface area contributed by atoms with Crippen LogP contribution in [0.25, 0.3) is 10.0 Å². The summed E-state index contributed by atoms with van der Waals surface area (Å²) in [5, 5.41) is 13.6. The third kappa shape index (κ3) is 3.24. The van der Waals surface area contributed by atoms with Crippen molar-refractivity contribution in [1.29, 1.82) is 0 Å². The predicted molar refractivity (Wildman–Crippen MR) is 85.3 cm³/mol. The number of hydrogen-bond acceptors (Lipinski definition) is 4. The molecule has 0 radical (unpaired) electrons. The number of primary amides is 1. The first kappa shape index (κ1) is 14.9. The van der Waals surface area contributed by atoms with Gasteiger partial charge >= 0.3 is 0 Å². The minimum atomic E-state index is -0.439. The van der Waals surface area contributed by atoms with Gasteiger partial charge in [-0.25, -0.2) is 0 Å². The quantitative estimate of drug-likeness (QED) is 0.327. The van der Waals surface area contributed by atoms with Crippen molar-refractivity contribution in [2.45, 2.75) is 0 Å². The third-order valence-corrected chi connectivity index (χ3v) is 4.37. The molecule has 0 unspecified atom stereocenters. The summed E-state index contributed by atoms with van der Waals surface area (Å²) in [6.07, 6.45) is 8.78. The van der Waals surface area contributed by atoms with Crippen LogP contribution in [0.1, 0.15) is 15.9 Å². The number of carbonyl (C=O) groups is 1. The van der Waals surface area contributed by atoms with E-state index >= 15 is 0 Å². The first-order valence-electron chi connectivity index (χ1n) is 6.78. The summed E-state index contributed by atoms with van der Waals surface area (Å²) in [7, 11) is 0. The van der Waals surface area contributed by atoms with E-state index in [-0.39, 0.29) is 0 Å². The first-order valence-corrected chi connectivity index (χ1v) is 7.59. The molecule has 114 valence electrons. The Morgan fingerprint density at radius 2 is 1.52 bits per heavy atom. The molecule has 0 saturated carbocycles. The number of pyridine rings is 2. The molecule has 0 aliphatic carbocycles. The topological polar surface area (TPSA) is 83.4 Å². The molecular formula is C16H14N4O2S+2. The molecule has 0 saturated heterocycles. The average molecular weight is 326 g/mol. The Morgan fingerprint density at radius 3 is 2.00 bits per heavy atom. The number of nitrogens with zero attached hydrogens (tertiary/aromatic N) is 3. The van der Waals surface area contributed by atoms with Crippen molar-refractivity contribution in [3.05, 3.63) is 72.3 Å². The normalized spacial score (nSPS) is 11.0. The van der Waals surface area contributed by atoms with Gasteiger partial charge in [0.2, 0.25) is 5.91 Å². The average Bonchev–Trinajstić information content (AvgIpc) is 3.06. The molecule has 23 heavy (non-hydrogen) atoms. The van der Waals surface area contributed by atoms with Crippen LogP contribution in [0.15, 0.2) is 66.3 Å². The van der Waals surface area contributed by atoms with E-state index < -0.39 is 5.91 Å². The zero-order chi connectivity index (χ0) is 16.2. The van der Waals surface area contributed by atoms with Gasteiger partial charge in [-0.3, -0.25) is 4.79 Å². The molecule has 3 aromatic rings. The second-order valence-electron chi connectivity index (χ2n) is 4.75. The molecule has 3 heterocycles. The highest BCUT2D eigenvalue weighted by Crippen LogP contribution is 2.16. The standard InChI is InChI=1S/C16H12N4O2S/c17-16(21)13-5-9-20(10-6-13)15-2-1-14(23-15)19-7-3-12(4-8-19)11-18-22/h1-11H,(H-,17,21)/p+2. The minimum Gasteiger partial charge on any atom is -0.411 e. The molecule has 1 amide bonds. The van der Waals surface area contributed by atoms with Crippen molar-refractivity contribution in [3.63, 3.8) is 0 Å². The highest BCUT2D eigenvalue weighted by molar-refractivity contribution is 7.15. The lowest BCUT2D eigenvalue weighted by atomic mass is 10.2. The van der Waals surface area contributed by atoms with E-state index in [9.17, 15) is 4.79 Å². The summed E-state index contributed by atoms with van der Waals surface area (Å²) in [6, 6.07) is 11.1. The van der Waals surface area contributed by atoms with Gasteiger partial charge in [0.25, 0.3) is 10.0 Å². The number of hydrogen-bond donors (Lipinski definition) is 2. The molecule has 7 heteroatoms. The number of nitrogens with two attached hydrogens (primary N) is 1. The molecule has 0 spiro atoms. The van der Waals surface area contributed by atoms with Gasteiger partial charge in [-0.05, 0) is 11.3 Å². The monoisotopic (exact) mass is 326 g/mol. The van der Waals surface area contributed by atoms with E-state index in [0.29, 0.717) is 5.56 Å². The van der Waals surface area contributed by atoms with Gasteiger partial charge in [0.1, 0.15) is 0 Å². The highest BCUT2D eigenvalue weighted by atomic mass is 32.1. The van der Waals surface area contributed by atoms with E-state index in [2.05, 4.69) is 5.16 Å². The fourth-order valence-corrected chi connectivity index (χ4v) is 3.01. The zero-order valence-corrected chi connectivity index (χ0v) is 12.9. The van der Waals surface area contributed by atoms with Crippen LogP contribution in [0.2, 0.25) is 0 Å². The number of oxime groups is 1. The van der Waals surface area contributed by atoms with E-state index in [1.165, 1.54) is 6.21 Å². The first-order chi connectivity index (χ1) is 11.2. The zero-order valence-electron chi connectivity index (χ0n) is 12.0. The van der Waals surface area contributed by atoms with Crippen LogP contribution in [-0.4, -0.2) is 17.3 Å². The van der Waals surface area contributed by atoms with Crippen LogP contribution in [0.3, 0.4) is 0 Å². The fraction of sp³-hybridized carbons (Fsp3) is 0. The van der Waals surface area contributed by atoms with Crippen LogP contribution in [0.4, 0.5) is 0 Å². The van der Waals surface area contributed by atoms with Crippen molar-refractivity contribution in [1.82, 2.24) is 0 Å². The van der Waals surface area contributed by atoms with E-state index in [1.54, 1.807) is 35.9 Å². The van der Waals surface area contributed by atoms with Gasteiger partial charge in [0.05, 0.1) is 11.8 Å². The molecule has 0 bridgehead atoms. The van der Waals surface area contributed by atoms with Gasteiger partial charge < -0.3 is 10.9 Å². The number of amides is 1. The minimum absolute atomic E-state index is 0.439. The molecule has 0 atom stereocenters. The van der Waals surface area contributed by atoms with Crippen LogP contribution in [-0.2, 0) is 0 Å². The molecule has 0 fully saturated rings. The Hall–Kier alpha value is -3.06. The van der Waals surface area contributed by atoms with Gasteiger partial charge in [-0.15, -0.1) is 0 Å². The number of carbonyl (C=O) groups excluding carboxylic acids is 1. The van der Waals surface area contributed by atoms with Crippen molar-refractivity contribution in [2.24, 2.45) is 10.9 Å². The lowest BCUT2D eigenvalue weighted by Crippen LogP contribution is -2.30. The molecule has 0 aliphatic heterocycles. The molecule has 3 aromatic heterocycles. The third-order valence-electron chi connectivity index (χ3n) is 3.26. The van der Waals surface area contributed by atoms with Crippen molar-refractivity contribution in [3.8, 4) is 10.0 Å². The molecule has 0 aliphatic rings. The highest BCUT2D eigenvalue weighted by Gasteiger charge is 2.16. The Bertz CT molecular complexity index is 855. The van der Waals surface area contributed by atoms with Crippen molar-refractivity contribution < 1.29 is 19.1 Å². The summed E-state index contributed by atoms with van der Waals surface area (Å²) in [5.41, 5.74) is 6.54. The number of rotatable bonds is 4. The molecular weight excluding hydrogens is 312 g/mol. The van der Waals surface area contributed by atoms with Gasteiger partial charge in [0, 0.05) is 42.0 Å². The maximum Gasteiger partial charge on any atom is 0.273 e. The van der Waals surface area contributed by atoms with Crippen LogP contribution in [0, 0.1) is 0 Å². The second-order valence-corrected chi connectivity index (χ2v) is 5.79. The summed E-state index contributed by atoms with van der Waals surface area (Å²) >= 11 is 1.60. The summed E-state index contributed by atoms with van der Waals surface area (Å²) < 4.78 is 3.90. The van der Waals surface area contributed by atoms with Crippen molar-refractivity contribution >= 4 is 23.5 Å². The van der Waals surface area contributed by atoms with Gasteiger partial charge in [-0.2, -0.15) is 9.13 Å². The molecule has 0 aromatic carbocycles. The van der Waals surface area contributed by atoms with Crippen LogP contribution >= 0.6 is 11.3 Å². The van der Waals surface area contributed by atoms with E-state index in [4.69, 9.17) is 10.9 Å². The largest absolute Gasteiger partial charge is 0.411 e. The Labute approximate surface area is 136 Å². The molecule has 3 N–H and O–H groups in total.